The normalized spacial score (nSPS) is 13.4. The Labute approximate surface area is 225 Å². The highest BCUT2D eigenvalue weighted by Crippen LogP contribution is 2.31. The van der Waals surface area contributed by atoms with Crippen LogP contribution in [0.4, 0.5) is 5.69 Å². The van der Waals surface area contributed by atoms with Crippen molar-refractivity contribution < 1.29 is 23.5 Å². The average Bonchev–Trinajstić information content (AvgIpc) is 3.49. The molecule has 2 aromatic carbocycles. The number of hydrogen-bond acceptors (Lipinski definition) is 7. The van der Waals surface area contributed by atoms with Crippen LogP contribution in [0.2, 0.25) is 0 Å². The fourth-order valence-corrected chi connectivity index (χ4v) is 4.73. The molecule has 39 heavy (non-hydrogen) atoms. The summed E-state index contributed by atoms with van der Waals surface area (Å²) in [6.45, 7) is 5.82. The van der Waals surface area contributed by atoms with E-state index in [1.807, 2.05) is 56.3 Å². The van der Waals surface area contributed by atoms with Crippen LogP contribution in [0.1, 0.15) is 46.0 Å². The van der Waals surface area contributed by atoms with Crippen LogP contribution < -0.4 is 5.32 Å². The van der Waals surface area contributed by atoms with E-state index in [2.05, 4.69) is 15.3 Å². The van der Waals surface area contributed by atoms with Crippen molar-refractivity contribution >= 4 is 23.5 Å². The second kappa shape index (κ2) is 10.5. The number of ether oxygens (including phenoxy) is 1. The van der Waals surface area contributed by atoms with E-state index < -0.39 is 17.9 Å². The van der Waals surface area contributed by atoms with Crippen molar-refractivity contribution in [3.05, 3.63) is 89.4 Å². The van der Waals surface area contributed by atoms with Crippen LogP contribution in [0.3, 0.4) is 0 Å². The summed E-state index contributed by atoms with van der Waals surface area (Å²) < 4.78 is 10.6. The Hall–Kier alpha value is -4.79. The molecule has 0 bridgehead atoms. The van der Waals surface area contributed by atoms with Crippen molar-refractivity contribution in [1.82, 2.24) is 14.9 Å². The summed E-state index contributed by atoms with van der Waals surface area (Å²) >= 11 is 0. The number of nitrogens with one attached hydrogen (secondary N) is 1. The van der Waals surface area contributed by atoms with Crippen molar-refractivity contribution in [1.29, 1.82) is 0 Å². The Morgan fingerprint density at radius 1 is 1.05 bits per heavy atom. The van der Waals surface area contributed by atoms with Gasteiger partial charge in [0.25, 0.3) is 11.8 Å². The molecule has 1 N–H and O–H groups in total. The van der Waals surface area contributed by atoms with Crippen LogP contribution in [0, 0.1) is 12.8 Å². The maximum atomic E-state index is 13.2. The fourth-order valence-electron chi connectivity index (χ4n) is 4.73. The highest BCUT2D eigenvalue weighted by molar-refractivity contribution is 6.04. The van der Waals surface area contributed by atoms with E-state index in [0.717, 1.165) is 16.7 Å². The first kappa shape index (κ1) is 25.8. The quantitative estimate of drug-likeness (QED) is 0.334. The van der Waals surface area contributed by atoms with Gasteiger partial charge in [-0.25, -0.2) is 9.78 Å². The van der Waals surface area contributed by atoms with E-state index in [-0.39, 0.29) is 17.5 Å². The van der Waals surface area contributed by atoms with Gasteiger partial charge in [-0.1, -0.05) is 44.2 Å². The summed E-state index contributed by atoms with van der Waals surface area (Å²) in [4.78, 5) is 48.8. The van der Waals surface area contributed by atoms with Crippen molar-refractivity contribution in [2.24, 2.45) is 5.92 Å². The predicted molar refractivity (Wildman–Crippen MR) is 145 cm³/mol. The van der Waals surface area contributed by atoms with Crippen LogP contribution in [0.15, 0.2) is 71.3 Å². The monoisotopic (exact) mass is 524 g/mol. The zero-order valence-electron chi connectivity index (χ0n) is 22.1. The number of oxazole rings is 1. The highest BCUT2D eigenvalue weighted by atomic mass is 16.5. The number of aryl methyl sites for hydroxylation is 1. The second-order valence-corrected chi connectivity index (χ2v) is 9.69. The van der Waals surface area contributed by atoms with E-state index in [1.165, 1.54) is 7.11 Å². The van der Waals surface area contributed by atoms with Crippen molar-refractivity contribution in [3.8, 4) is 22.7 Å². The molecule has 0 aliphatic carbocycles. The number of amides is 2. The third-order valence-electron chi connectivity index (χ3n) is 6.70. The third-order valence-corrected chi connectivity index (χ3v) is 6.70. The number of methoxy groups -OCH3 is 1. The molecule has 9 nitrogen and oxygen atoms in total. The first-order valence-corrected chi connectivity index (χ1v) is 12.6. The number of aromatic nitrogens is 2. The molecule has 0 radical (unpaired) electrons. The Balaban J connectivity index is 1.31. The molecule has 2 aromatic heterocycles. The minimum Gasteiger partial charge on any atom is -0.467 e. The van der Waals surface area contributed by atoms with Gasteiger partial charge in [-0.2, -0.15) is 0 Å². The molecule has 0 saturated heterocycles. The predicted octanol–water partition coefficient (Wildman–Crippen LogP) is 5.12. The van der Waals surface area contributed by atoms with Crippen molar-refractivity contribution in [3.63, 3.8) is 0 Å². The summed E-state index contributed by atoms with van der Waals surface area (Å²) in [5.74, 6) is -0.338. The smallest absolute Gasteiger partial charge is 0.328 e. The lowest BCUT2D eigenvalue weighted by Gasteiger charge is -2.28. The Bertz CT molecular complexity index is 1540. The van der Waals surface area contributed by atoms with Gasteiger partial charge in [-0.3, -0.25) is 14.6 Å². The molecule has 3 heterocycles. The molecule has 1 aliphatic heterocycles. The molecule has 5 rings (SSSR count). The maximum absolute atomic E-state index is 13.2. The highest BCUT2D eigenvalue weighted by Gasteiger charge is 2.38. The van der Waals surface area contributed by atoms with Gasteiger partial charge >= 0.3 is 5.97 Å². The van der Waals surface area contributed by atoms with E-state index in [9.17, 15) is 14.4 Å². The largest absolute Gasteiger partial charge is 0.467 e. The number of fused-ring (bicyclic) bond motifs is 1. The van der Waals surface area contributed by atoms with Gasteiger partial charge in [0.1, 0.15) is 11.8 Å². The standard InChI is InChI=1S/C30H28N4O5/c1-17(2)26(30(37)38-4)34-16-21-11-10-20(14-23(21)29(34)36)24-13-12-22(15-31-24)32-27(35)25-18(3)39-28(33-25)19-8-6-5-7-9-19/h5-15,17,26H,16H2,1-4H3,(H,32,35)/t26-/m0/s1. The number of anilines is 1. The topological polar surface area (TPSA) is 115 Å². The van der Waals surface area contributed by atoms with E-state index in [4.69, 9.17) is 9.15 Å². The minimum absolute atomic E-state index is 0.0921. The number of rotatable bonds is 7. The molecule has 4 aromatic rings. The summed E-state index contributed by atoms with van der Waals surface area (Å²) in [7, 11) is 1.33. The Kier molecular flexibility index (Phi) is 6.98. The van der Waals surface area contributed by atoms with Gasteiger partial charge in [0.2, 0.25) is 5.89 Å². The molecule has 9 heteroatoms. The lowest BCUT2D eigenvalue weighted by Crippen LogP contribution is -2.45. The molecule has 198 valence electrons. The van der Waals surface area contributed by atoms with Crippen LogP contribution in [-0.2, 0) is 16.1 Å². The minimum atomic E-state index is -0.656. The van der Waals surface area contributed by atoms with Gasteiger partial charge < -0.3 is 19.4 Å². The number of nitrogens with zero attached hydrogens (tertiary/aromatic N) is 3. The van der Waals surface area contributed by atoms with Gasteiger partial charge in [0.05, 0.1) is 24.7 Å². The molecule has 0 saturated carbocycles. The number of benzene rings is 2. The lowest BCUT2D eigenvalue weighted by atomic mass is 10.0. The first-order valence-electron chi connectivity index (χ1n) is 12.6. The molecular weight excluding hydrogens is 496 g/mol. The summed E-state index contributed by atoms with van der Waals surface area (Å²) in [5.41, 5.74) is 4.25. The summed E-state index contributed by atoms with van der Waals surface area (Å²) in [6, 6.07) is 17.8. The Morgan fingerprint density at radius 2 is 1.82 bits per heavy atom. The summed E-state index contributed by atoms with van der Waals surface area (Å²) in [6.07, 6.45) is 1.55. The van der Waals surface area contributed by atoms with Crippen LogP contribution in [0.5, 0.6) is 0 Å². The second-order valence-electron chi connectivity index (χ2n) is 9.69. The molecule has 2 amide bonds. The molecule has 0 spiro atoms. The fraction of sp³-hybridized carbons (Fsp3) is 0.233. The number of carbonyl (C=O) groups is 3. The number of carbonyl (C=O) groups excluding carboxylic acids is 3. The average molecular weight is 525 g/mol. The SMILES string of the molecule is COC(=O)[C@H](C(C)C)N1Cc2ccc(-c3ccc(NC(=O)c4nc(-c5ccccc5)oc4C)cn3)cc2C1=O. The van der Waals surface area contributed by atoms with Gasteiger partial charge in [-0.05, 0) is 48.7 Å². The van der Waals surface area contributed by atoms with Gasteiger partial charge in [-0.15, -0.1) is 0 Å². The van der Waals surface area contributed by atoms with E-state index in [1.54, 1.807) is 36.2 Å². The third kappa shape index (κ3) is 5.03. The number of esters is 1. The van der Waals surface area contributed by atoms with Gasteiger partial charge in [0.15, 0.2) is 5.69 Å². The first-order chi connectivity index (χ1) is 18.8. The number of hydrogen-bond donors (Lipinski definition) is 1. The molecule has 0 unspecified atom stereocenters. The number of pyridine rings is 1. The molecule has 0 fully saturated rings. The lowest BCUT2D eigenvalue weighted by molar-refractivity contribution is -0.147. The van der Waals surface area contributed by atoms with Crippen molar-refractivity contribution in [2.45, 2.75) is 33.4 Å². The van der Waals surface area contributed by atoms with E-state index in [0.29, 0.717) is 35.1 Å². The molecular formula is C30H28N4O5. The summed E-state index contributed by atoms with van der Waals surface area (Å²) in [5, 5.41) is 2.81. The zero-order valence-corrected chi connectivity index (χ0v) is 22.1. The van der Waals surface area contributed by atoms with Crippen LogP contribution >= 0.6 is 0 Å². The van der Waals surface area contributed by atoms with Crippen LogP contribution in [0.25, 0.3) is 22.7 Å². The van der Waals surface area contributed by atoms with Gasteiger partial charge in [0, 0.05) is 23.2 Å². The van der Waals surface area contributed by atoms with Crippen LogP contribution in [-0.4, -0.2) is 45.8 Å². The maximum Gasteiger partial charge on any atom is 0.328 e. The van der Waals surface area contributed by atoms with E-state index >= 15 is 0 Å². The molecule has 1 atom stereocenters. The molecule has 1 aliphatic rings. The zero-order chi connectivity index (χ0) is 27.7. The Morgan fingerprint density at radius 3 is 2.49 bits per heavy atom. The van der Waals surface area contributed by atoms with Crippen molar-refractivity contribution in [2.75, 3.05) is 12.4 Å².